The Morgan fingerprint density at radius 3 is 2.10 bits per heavy atom. The topological polar surface area (TPSA) is 49.3 Å². The van der Waals surface area contributed by atoms with Crippen molar-refractivity contribution >= 4 is 17.3 Å². The molecule has 0 spiro atoms. The molecule has 104 valence electrons. The van der Waals surface area contributed by atoms with Crippen molar-refractivity contribution in [1.29, 1.82) is 0 Å². The Labute approximate surface area is 119 Å². The zero-order chi connectivity index (χ0) is 14.8. The lowest BCUT2D eigenvalue weighted by Gasteiger charge is -2.23. The zero-order valence-electron chi connectivity index (χ0n) is 12.0. The van der Waals surface area contributed by atoms with E-state index in [0.29, 0.717) is 5.69 Å². The molecule has 0 atom stereocenters. The van der Waals surface area contributed by atoms with Crippen molar-refractivity contribution in [3.05, 3.63) is 59.7 Å². The van der Waals surface area contributed by atoms with Gasteiger partial charge in [-0.2, -0.15) is 0 Å². The molecule has 2 N–H and O–H groups in total. The summed E-state index contributed by atoms with van der Waals surface area (Å²) in [4.78, 5) is 11.3. The molecule has 3 heteroatoms. The first kappa shape index (κ1) is 14.1. The van der Waals surface area contributed by atoms with Gasteiger partial charge in [0.15, 0.2) is 0 Å². The van der Waals surface area contributed by atoms with E-state index in [1.54, 1.807) is 18.2 Å². The predicted octanol–water partition coefficient (Wildman–Crippen LogP) is 4.43. The van der Waals surface area contributed by atoms with Gasteiger partial charge in [0.1, 0.15) is 0 Å². The summed E-state index contributed by atoms with van der Waals surface area (Å²) in [5.74, 6) is -0.929. The van der Waals surface area contributed by atoms with E-state index in [4.69, 9.17) is 0 Å². The number of hydrogen-bond donors (Lipinski definition) is 2. The average molecular weight is 269 g/mol. The van der Waals surface area contributed by atoms with Crippen LogP contribution in [0.1, 0.15) is 36.7 Å². The van der Waals surface area contributed by atoms with Crippen LogP contribution in [-0.4, -0.2) is 11.1 Å². The van der Waals surface area contributed by atoms with Gasteiger partial charge >= 0.3 is 5.97 Å². The van der Waals surface area contributed by atoms with E-state index >= 15 is 0 Å². The number of carbonyl (C=O) groups is 1. The van der Waals surface area contributed by atoms with Crippen LogP contribution >= 0.6 is 0 Å². The van der Waals surface area contributed by atoms with Crippen molar-refractivity contribution in [3.8, 4) is 0 Å². The van der Waals surface area contributed by atoms with Crippen LogP contribution in [0.15, 0.2) is 48.5 Å². The highest BCUT2D eigenvalue weighted by Crippen LogP contribution is 2.32. The van der Waals surface area contributed by atoms with E-state index in [1.807, 2.05) is 24.3 Å². The predicted molar refractivity (Wildman–Crippen MR) is 81.8 cm³/mol. The van der Waals surface area contributed by atoms with E-state index in [-0.39, 0.29) is 11.0 Å². The van der Waals surface area contributed by atoms with Crippen LogP contribution in [-0.2, 0) is 5.41 Å². The molecule has 0 radical (unpaired) electrons. The lowest BCUT2D eigenvalue weighted by molar-refractivity contribution is 0.0698. The van der Waals surface area contributed by atoms with Crippen molar-refractivity contribution in [1.82, 2.24) is 0 Å². The maximum atomic E-state index is 11.3. The number of rotatable bonds is 3. The van der Waals surface area contributed by atoms with Crippen LogP contribution in [0.4, 0.5) is 11.4 Å². The van der Waals surface area contributed by atoms with Crippen LogP contribution in [0.3, 0.4) is 0 Å². The minimum absolute atomic E-state index is 0.0121. The first-order valence-corrected chi connectivity index (χ1v) is 6.58. The Kier molecular flexibility index (Phi) is 3.79. The van der Waals surface area contributed by atoms with Gasteiger partial charge in [0.25, 0.3) is 0 Å². The van der Waals surface area contributed by atoms with Gasteiger partial charge in [-0.1, -0.05) is 51.1 Å². The van der Waals surface area contributed by atoms with Gasteiger partial charge in [-0.05, 0) is 29.2 Å². The summed E-state index contributed by atoms with van der Waals surface area (Å²) in [5, 5.41) is 12.5. The van der Waals surface area contributed by atoms with E-state index < -0.39 is 5.97 Å². The van der Waals surface area contributed by atoms with E-state index in [1.165, 1.54) is 0 Å². The third-order valence-electron chi connectivity index (χ3n) is 3.16. The minimum Gasteiger partial charge on any atom is -0.478 e. The summed E-state index contributed by atoms with van der Waals surface area (Å²) < 4.78 is 0. The highest BCUT2D eigenvalue weighted by atomic mass is 16.4. The molecule has 3 nitrogen and oxygen atoms in total. The molecule has 20 heavy (non-hydrogen) atoms. The van der Waals surface area contributed by atoms with Crippen molar-refractivity contribution < 1.29 is 9.90 Å². The fraction of sp³-hybridized carbons (Fsp3) is 0.235. The average Bonchev–Trinajstić information content (AvgIpc) is 2.38. The molecule has 0 bridgehead atoms. The molecule has 0 aliphatic rings. The summed E-state index contributed by atoms with van der Waals surface area (Å²) in [6.45, 7) is 6.41. The molecular weight excluding hydrogens is 250 g/mol. The van der Waals surface area contributed by atoms with Crippen LogP contribution in [0.5, 0.6) is 0 Å². The van der Waals surface area contributed by atoms with Gasteiger partial charge in [-0.15, -0.1) is 0 Å². The number of nitrogens with one attached hydrogen (secondary N) is 1. The molecule has 0 amide bonds. The molecule has 0 heterocycles. The number of para-hydroxylation sites is 2. The first-order chi connectivity index (χ1) is 9.39. The fourth-order valence-corrected chi connectivity index (χ4v) is 2.17. The van der Waals surface area contributed by atoms with E-state index in [2.05, 4.69) is 32.2 Å². The summed E-state index contributed by atoms with van der Waals surface area (Å²) in [6, 6.07) is 14.9. The summed E-state index contributed by atoms with van der Waals surface area (Å²) in [6.07, 6.45) is 0. The molecule has 0 unspecified atom stereocenters. The van der Waals surface area contributed by atoms with Crippen LogP contribution < -0.4 is 5.32 Å². The first-order valence-electron chi connectivity index (χ1n) is 6.58. The highest BCUT2D eigenvalue weighted by molar-refractivity contribution is 5.95. The number of hydrogen-bond acceptors (Lipinski definition) is 2. The quantitative estimate of drug-likeness (QED) is 0.866. The number of carboxylic acid groups (broad SMARTS) is 1. The Morgan fingerprint density at radius 1 is 0.950 bits per heavy atom. The standard InChI is InChI=1S/C17H19NO2/c1-17(2,3)13-9-5-7-11-15(13)18-14-10-6-4-8-12(14)16(19)20/h4-11,18H,1-3H3,(H,19,20). The fourth-order valence-electron chi connectivity index (χ4n) is 2.17. The second kappa shape index (κ2) is 5.37. The molecule has 0 saturated carbocycles. The maximum absolute atomic E-state index is 11.3. The van der Waals surface area contributed by atoms with Crippen LogP contribution in [0, 0.1) is 0 Å². The third kappa shape index (κ3) is 2.99. The molecular formula is C17H19NO2. The lowest BCUT2D eigenvalue weighted by atomic mass is 9.85. The SMILES string of the molecule is CC(C)(C)c1ccccc1Nc1ccccc1C(=O)O. The molecule has 0 aliphatic carbocycles. The van der Waals surface area contributed by atoms with Crippen molar-refractivity contribution in [3.63, 3.8) is 0 Å². The number of anilines is 2. The monoisotopic (exact) mass is 269 g/mol. The summed E-state index contributed by atoms with van der Waals surface area (Å²) in [7, 11) is 0. The largest absolute Gasteiger partial charge is 0.478 e. The Bertz CT molecular complexity index is 627. The molecule has 2 rings (SSSR count). The molecule has 0 aliphatic heterocycles. The number of benzene rings is 2. The molecule has 0 fully saturated rings. The second-order valence-corrected chi connectivity index (χ2v) is 5.77. The molecule has 0 saturated heterocycles. The van der Waals surface area contributed by atoms with Gasteiger partial charge in [0, 0.05) is 5.69 Å². The Morgan fingerprint density at radius 2 is 1.50 bits per heavy atom. The molecule has 0 aromatic heterocycles. The highest BCUT2D eigenvalue weighted by Gasteiger charge is 2.18. The number of aromatic carboxylic acids is 1. The maximum Gasteiger partial charge on any atom is 0.337 e. The minimum atomic E-state index is -0.929. The summed E-state index contributed by atoms with van der Waals surface area (Å²) >= 11 is 0. The van der Waals surface area contributed by atoms with Gasteiger partial charge in [0.2, 0.25) is 0 Å². The molecule has 2 aromatic rings. The third-order valence-corrected chi connectivity index (χ3v) is 3.16. The lowest BCUT2D eigenvalue weighted by Crippen LogP contribution is -2.14. The van der Waals surface area contributed by atoms with Gasteiger partial charge in [-0.25, -0.2) is 4.79 Å². The molecule has 2 aromatic carbocycles. The van der Waals surface area contributed by atoms with Gasteiger partial charge in [-0.3, -0.25) is 0 Å². The van der Waals surface area contributed by atoms with Crippen molar-refractivity contribution in [2.75, 3.05) is 5.32 Å². The smallest absolute Gasteiger partial charge is 0.337 e. The van der Waals surface area contributed by atoms with Crippen LogP contribution in [0.25, 0.3) is 0 Å². The van der Waals surface area contributed by atoms with Gasteiger partial charge < -0.3 is 10.4 Å². The second-order valence-electron chi connectivity index (χ2n) is 5.77. The van der Waals surface area contributed by atoms with E-state index in [9.17, 15) is 9.90 Å². The zero-order valence-corrected chi connectivity index (χ0v) is 12.0. The van der Waals surface area contributed by atoms with E-state index in [0.717, 1.165) is 11.3 Å². The van der Waals surface area contributed by atoms with Crippen molar-refractivity contribution in [2.24, 2.45) is 0 Å². The summed E-state index contributed by atoms with van der Waals surface area (Å²) in [5.41, 5.74) is 2.96. The van der Waals surface area contributed by atoms with Crippen LogP contribution in [0.2, 0.25) is 0 Å². The normalized spacial score (nSPS) is 11.2. The Hall–Kier alpha value is -2.29. The van der Waals surface area contributed by atoms with Gasteiger partial charge in [0.05, 0.1) is 11.3 Å². The van der Waals surface area contributed by atoms with Crippen molar-refractivity contribution in [2.45, 2.75) is 26.2 Å². The number of carboxylic acids is 1. The Balaban J connectivity index is 2.44.